The Bertz CT molecular complexity index is 660. The lowest BCUT2D eigenvalue weighted by molar-refractivity contribution is -0.137. The molecule has 1 aliphatic rings. The van der Waals surface area contributed by atoms with E-state index in [0.717, 1.165) is 0 Å². The molecule has 1 fully saturated rings. The molecule has 2 aromatic rings. The van der Waals surface area contributed by atoms with Crippen molar-refractivity contribution in [1.29, 1.82) is 0 Å². The zero-order valence-electron chi connectivity index (χ0n) is 11.2. The SMILES string of the molecule is Cc1ncnn2c([C@@H]3OC(CO)(CO)[C@@H](O)[C@H]3F)cnc12. The summed E-state index contributed by atoms with van der Waals surface area (Å²) < 4.78 is 21.2. The van der Waals surface area contributed by atoms with E-state index in [2.05, 4.69) is 15.1 Å². The van der Waals surface area contributed by atoms with E-state index in [1.165, 1.54) is 17.0 Å². The van der Waals surface area contributed by atoms with Crippen LogP contribution in [0.4, 0.5) is 4.39 Å². The Kier molecular flexibility index (Phi) is 3.36. The Morgan fingerprint density at radius 2 is 2.10 bits per heavy atom. The smallest absolute Gasteiger partial charge is 0.175 e. The van der Waals surface area contributed by atoms with E-state index >= 15 is 0 Å². The number of halogens is 1. The average Bonchev–Trinajstić information content (AvgIpc) is 3.02. The molecule has 0 spiro atoms. The third kappa shape index (κ3) is 1.93. The van der Waals surface area contributed by atoms with Gasteiger partial charge in [0, 0.05) is 0 Å². The Balaban J connectivity index is 2.06. The Morgan fingerprint density at radius 1 is 1.38 bits per heavy atom. The van der Waals surface area contributed by atoms with Gasteiger partial charge in [-0.2, -0.15) is 5.10 Å². The third-order valence-corrected chi connectivity index (χ3v) is 3.82. The van der Waals surface area contributed by atoms with Crippen LogP contribution in [-0.4, -0.2) is 66.0 Å². The summed E-state index contributed by atoms with van der Waals surface area (Å²) in [7, 11) is 0. The van der Waals surface area contributed by atoms with E-state index in [9.17, 15) is 19.7 Å². The molecule has 9 heteroatoms. The fourth-order valence-corrected chi connectivity index (χ4v) is 2.52. The van der Waals surface area contributed by atoms with Crippen LogP contribution in [0.1, 0.15) is 17.5 Å². The van der Waals surface area contributed by atoms with Crippen molar-refractivity contribution in [3.8, 4) is 0 Å². The predicted molar refractivity (Wildman–Crippen MR) is 67.2 cm³/mol. The summed E-state index contributed by atoms with van der Waals surface area (Å²) in [5.74, 6) is 0. The van der Waals surface area contributed by atoms with E-state index in [1.807, 2.05) is 0 Å². The minimum atomic E-state index is -1.82. The maximum Gasteiger partial charge on any atom is 0.175 e. The normalized spacial score (nSPS) is 28.3. The number of alkyl halides is 1. The van der Waals surface area contributed by atoms with Crippen molar-refractivity contribution >= 4 is 5.65 Å². The number of hydrogen-bond acceptors (Lipinski definition) is 7. The lowest BCUT2D eigenvalue weighted by atomic mass is 9.96. The maximum absolute atomic E-state index is 14.4. The lowest BCUT2D eigenvalue weighted by Crippen LogP contribution is -2.48. The molecular formula is C12H15FN4O4. The van der Waals surface area contributed by atoms with Gasteiger partial charge in [-0.3, -0.25) is 0 Å². The van der Waals surface area contributed by atoms with Crippen LogP contribution >= 0.6 is 0 Å². The zero-order valence-corrected chi connectivity index (χ0v) is 11.2. The standard InChI is InChI=1S/C12H15FN4O4/c1-6-11-14-2-7(17(11)16-5-15-6)9-8(13)10(20)12(3-18,4-19)21-9/h2,5,8-10,18-20H,3-4H2,1H3/t8-,9-,10-/m0/s1. The first kappa shape index (κ1) is 14.3. The van der Waals surface area contributed by atoms with Gasteiger partial charge in [-0.1, -0.05) is 0 Å². The third-order valence-electron chi connectivity index (χ3n) is 3.82. The molecule has 0 radical (unpaired) electrons. The number of aliphatic hydroxyl groups excluding tert-OH is 3. The van der Waals surface area contributed by atoms with Crippen molar-refractivity contribution in [2.24, 2.45) is 0 Å². The summed E-state index contributed by atoms with van der Waals surface area (Å²) in [5.41, 5.74) is -0.397. The van der Waals surface area contributed by atoms with Gasteiger partial charge in [0.25, 0.3) is 0 Å². The predicted octanol–water partition coefficient (Wildman–Crippen LogP) is -1.07. The summed E-state index contributed by atoms with van der Waals surface area (Å²) in [6, 6.07) is 0. The minimum absolute atomic E-state index is 0.283. The van der Waals surface area contributed by atoms with Crippen LogP contribution in [-0.2, 0) is 4.74 Å². The molecule has 2 aromatic heterocycles. The quantitative estimate of drug-likeness (QED) is 0.661. The van der Waals surface area contributed by atoms with Gasteiger partial charge >= 0.3 is 0 Å². The number of aryl methyl sites for hydroxylation is 1. The molecule has 3 atom stereocenters. The molecule has 0 unspecified atom stereocenters. The number of aromatic nitrogens is 4. The zero-order chi connectivity index (χ0) is 15.2. The van der Waals surface area contributed by atoms with Crippen molar-refractivity contribution in [2.45, 2.75) is 30.9 Å². The fraction of sp³-hybridized carbons (Fsp3) is 0.583. The molecule has 3 N–H and O–H groups in total. The van der Waals surface area contributed by atoms with E-state index < -0.39 is 37.2 Å². The van der Waals surface area contributed by atoms with Gasteiger partial charge < -0.3 is 20.1 Å². The molecular weight excluding hydrogens is 283 g/mol. The highest BCUT2D eigenvalue weighted by Crippen LogP contribution is 2.41. The van der Waals surface area contributed by atoms with E-state index in [0.29, 0.717) is 11.3 Å². The number of nitrogens with zero attached hydrogens (tertiary/aromatic N) is 4. The highest BCUT2D eigenvalue weighted by Gasteiger charge is 2.56. The first-order valence-electron chi connectivity index (χ1n) is 6.41. The molecule has 114 valence electrons. The van der Waals surface area contributed by atoms with Gasteiger partial charge in [0.15, 0.2) is 11.8 Å². The minimum Gasteiger partial charge on any atom is -0.393 e. The summed E-state index contributed by atoms with van der Waals surface area (Å²) in [6.45, 7) is 0.329. The molecule has 0 bridgehead atoms. The number of imidazole rings is 1. The second-order valence-electron chi connectivity index (χ2n) is 5.07. The number of hydrogen-bond donors (Lipinski definition) is 3. The van der Waals surface area contributed by atoms with Crippen LogP contribution in [0.25, 0.3) is 5.65 Å². The number of ether oxygens (including phenoxy) is 1. The molecule has 0 aromatic carbocycles. The Morgan fingerprint density at radius 3 is 2.71 bits per heavy atom. The van der Waals surface area contributed by atoms with Gasteiger partial charge in [-0.05, 0) is 6.92 Å². The molecule has 21 heavy (non-hydrogen) atoms. The van der Waals surface area contributed by atoms with Crippen molar-refractivity contribution < 1.29 is 24.4 Å². The van der Waals surface area contributed by atoms with Crippen LogP contribution in [0.5, 0.6) is 0 Å². The fourth-order valence-electron chi connectivity index (χ4n) is 2.52. The Hall–Kier alpha value is -1.68. The molecule has 3 rings (SSSR count). The average molecular weight is 298 g/mol. The second kappa shape index (κ2) is 4.95. The van der Waals surface area contributed by atoms with Crippen molar-refractivity contribution in [1.82, 2.24) is 19.6 Å². The van der Waals surface area contributed by atoms with Crippen LogP contribution in [0.3, 0.4) is 0 Å². The van der Waals surface area contributed by atoms with E-state index in [1.54, 1.807) is 6.92 Å². The number of aliphatic hydroxyl groups is 3. The van der Waals surface area contributed by atoms with Crippen molar-refractivity contribution in [2.75, 3.05) is 13.2 Å². The van der Waals surface area contributed by atoms with Gasteiger partial charge in [0.05, 0.1) is 30.8 Å². The molecule has 0 aliphatic carbocycles. The number of fused-ring (bicyclic) bond motifs is 1. The van der Waals surface area contributed by atoms with Crippen molar-refractivity contribution in [3.63, 3.8) is 0 Å². The molecule has 0 amide bonds. The molecule has 1 saturated heterocycles. The maximum atomic E-state index is 14.4. The summed E-state index contributed by atoms with van der Waals surface area (Å²) >= 11 is 0. The van der Waals surface area contributed by atoms with Gasteiger partial charge in [-0.15, -0.1) is 0 Å². The second-order valence-corrected chi connectivity index (χ2v) is 5.07. The first-order chi connectivity index (χ1) is 10.0. The van der Waals surface area contributed by atoms with E-state index in [-0.39, 0.29) is 5.69 Å². The van der Waals surface area contributed by atoms with Gasteiger partial charge in [0.1, 0.15) is 24.1 Å². The van der Waals surface area contributed by atoms with Crippen molar-refractivity contribution in [3.05, 3.63) is 23.9 Å². The lowest BCUT2D eigenvalue weighted by Gasteiger charge is -2.27. The van der Waals surface area contributed by atoms with Crippen LogP contribution < -0.4 is 0 Å². The largest absolute Gasteiger partial charge is 0.393 e. The number of rotatable bonds is 3. The van der Waals surface area contributed by atoms with E-state index in [4.69, 9.17) is 4.74 Å². The summed E-state index contributed by atoms with van der Waals surface area (Å²) in [6.07, 6.45) is -1.97. The summed E-state index contributed by atoms with van der Waals surface area (Å²) in [4.78, 5) is 8.09. The highest BCUT2D eigenvalue weighted by molar-refractivity contribution is 5.43. The topological polar surface area (TPSA) is 113 Å². The Labute approximate surface area is 118 Å². The molecule has 0 saturated carbocycles. The highest BCUT2D eigenvalue weighted by atomic mass is 19.1. The van der Waals surface area contributed by atoms with Gasteiger partial charge in [0.2, 0.25) is 0 Å². The van der Waals surface area contributed by atoms with Crippen LogP contribution in [0, 0.1) is 6.92 Å². The molecule has 1 aliphatic heterocycles. The summed E-state index contributed by atoms with van der Waals surface area (Å²) in [5, 5.41) is 32.6. The molecule has 8 nitrogen and oxygen atoms in total. The van der Waals surface area contributed by atoms with Crippen LogP contribution in [0.15, 0.2) is 12.5 Å². The van der Waals surface area contributed by atoms with Gasteiger partial charge in [-0.25, -0.2) is 18.9 Å². The molecule has 3 heterocycles. The first-order valence-corrected chi connectivity index (χ1v) is 6.41. The monoisotopic (exact) mass is 298 g/mol. The van der Waals surface area contributed by atoms with Crippen LogP contribution in [0.2, 0.25) is 0 Å².